The molecule has 3 aromatic rings. The van der Waals surface area contributed by atoms with E-state index in [1.165, 1.54) is 5.69 Å². The van der Waals surface area contributed by atoms with Gasteiger partial charge in [0.05, 0.1) is 29.3 Å². The summed E-state index contributed by atoms with van der Waals surface area (Å²) in [6.45, 7) is 1.96. The van der Waals surface area contributed by atoms with Crippen molar-refractivity contribution in [2.75, 3.05) is 25.1 Å². The molecule has 0 N–H and O–H groups in total. The number of fused-ring (bicyclic) bond motifs is 1. The Labute approximate surface area is 143 Å². The Morgan fingerprint density at radius 1 is 1.30 bits per heavy atom. The maximum absolute atomic E-state index is 5.37. The van der Waals surface area contributed by atoms with Gasteiger partial charge in [-0.3, -0.25) is 9.67 Å². The van der Waals surface area contributed by atoms with Crippen molar-refractivity contribution in [1.29, 1.82) is 0 Å². The molecule has 2 aromatic heterocycles. The fraction of sp³-hybridized carbons (Fsp3) is 0.294. The van der Waals surface area contributed by atoms with Crippen LogP contribution in [0.1, 0.15) is 12.5 Å². The summed E-state index contributed by atoms with van der Waals surface area (Å²) in [4.78, 5) is 6.87. The second kappa shape index (κ2) is 5.85. The highest BCUT2D eigenvalue weighted by atomic mass is 79.9. The Hall–Kier alpha value is -2.08. The number of hydrogen-bond donors (Lipinski definition) is 0. The van der Waals surface area contributed by atoms with Crippen LogP contribution in [0.15, 0.2) is 47.3 Å². The summed E-state index contributed by atoms with van der Waals surface area (Å²) in [7, 11) is 1.69. The first-order chi connectivity index (χ1) is 11.2. The zero-order valence-electron chi connectivity index (χ0n) is 12.8. The van der Waals surface area contributed by atoms with E-state index < -0.39 is 0 Å². The summed E-state index contributed by atoms with van der Waals surface area (Å²) in [5.74, 6) is 0.860. The van der Waals surface area contributed by atoms with E-state index in [0.29, 0.717) is 6.04 Å². The lowest BCUT2D eigenvalue weighted by Gasteiger charge is -2.20. The smallest absolute Gasteiger partial charge is 0.119 e. The molecule has 23 heavy (non-hydrogen) atoms. The van der Waals surface area contributed by atoms with Crippen LogP contribution in [0.25, 0.3) is 10.9 Å². The average Bonchev–Trinajstić information content (AvgIpc) is 3.22. The third-order valence-electron chi connectivity index (χ3n) is 4.37. The molecule has 0 radical (unpaired) electrons. The fourth-order valence-electron chi connectivity index (χ4n) is 3.20. The Bertz CT molecular complexity index is 847. The Kier molecular flexibility index (Phi) is 3.69. The lowest BCUT2D eigenvalue weighted by Crippen LogP contribution is -2.21. The molecule has 4 rings (SSSR count). The predicted molar refractivity (Wildman–Crippen MR) is 94.1 cm³/mol. The normalized spacial score (nSPS) is 17.8. The zero-order valence-corrected chi connectivity index (χ0v) is 14.4. The van der Waals surface area contributed by atoms with E-state index in [2.05, 4.69) is 43.0 Å². The minimum Gasteiger partial charge on any atom is -0.497 e. The summed E-state index contributed by atoms with van der Waals surface area (Å²) >= 11 is 3.47. The van der Waals surface area contributed by atoms with E-state index in [9.17, 15) is 0 Å². The van der Waals surface area contributed by atoms with Crippen molar-refractivity contribution in [3.63, 3.8) is 0 Å². The highest BCUT2D eigenvalue weighted by Crippen LogP contribution is 2.33. The summed E-state index contributed by atoms with van der Waals surface area (Å²) in [6.07, 6.45) is 6.85. The van der Waals surface area contributed by atoms with E-state index in [1.54, 1.807) is 7.11 Å². The molecule has 0 aliphatic carbocycles. The van der Waals surface area contributed by atoms with Gasteiger partial charge in [-0.2, -0.15) is 5.10 Å². The Morgan fingerprint density at radius 2 is 2.22 bits per heavy atom. The molecule has 1 aromatic carbocycles. The maximum atomic E-state index is 5.37. The van der Waals surface area contributed by atoms with Crippen LogP contribution < -0.4 is 9.64 Å². The topological polar surface area (TPSA) is 43.2 Å². The number of nitrogens with zero attached hydrogens (tertiary/aromatic N) is 4. The van der Waals surface area contributed by atoms with Gasteiger partial charge in [0.2, 0.25) is 0 Å². The fourth-order valence-corrected chi connectivity index (χ4v) is 3.51. The molecular weight excluding hydrogens is 356 g/mol. The summed E-state index contributed by atoms with van der Waals surface area (Å²) in [5.41, 5.74) is 2.20. The third-order valence-corrected chi connectivity index (χ3v) is 4.78. The van der Waals surface area contributed by atoms with Crippen molar-refractivity contribution in [3.8, 4) is 5.75 Å². The van der Waals surface area contributed by atoms with Crippen molar-refractivity contribution >= 4 is 32.5 Å². The van der Waals surface area contributed by atoms with Gasteiger partial charge >= 0.3 is 0 Å². The lowest BCUT2D eigenvalue weighted by atomic mass is 10.1. The van der Waals surface area contributed by atoms with Crippen LogP contribution in [-0.2, 0) is 0 Å². The van der Waals surface area contributed by atoms with E-state index >= 15 is 0 Å². The quantitative estimate of drug-likeness (QED) is 0.703. The molecule has 1 unspecified atom stereocenters. The number of pyridine rings is 1. The number of methoxy groups -OCH3 is 1. The first kappa shape index (κ1) is 14.5. The van der Waals surface area contributed by atoms with Gasteiger partial charge in [0.1, 0.15) is 5.75 Å². The van der Waals surface area contributed by atoms with Crippen molar-refractivity contribution < 1.29 is 4.74 Å². The molecule has 118 valence electrons. The monoisotopic (exact) mass is 372 g/mol. The molecule has 3 heterocycles. The number of aromatic nitrogens is 3. The minimum absolute atomic E-state index is 0.398. The molecule has 1 fully saturated rings. The number of ether oxygens (including phenoxy) is 1. The van der Waals surface area contributed by atoms with Gasteiger partial charge in [0.25, 0.3) is 0 Å². The number of hydrogen-bond acceptors (Lipinski definition) is 4. The van der Waals surface area contributed by atoms with Gasteiger partial charge in [0.15, 0.2) is 0 Å². The largest absolute Gasteiger partial charge is 0.497 e. The minimum atomic E-state index is 0.398. The van der Waals surface area contributed by atoms with Crippen LogP contribution in [0.2, 0.25) is 0 Å². The SMILES string of the molecule is COc1ccc2nccc(N3CCC(n4cc(Br)cn4)C3)c2c1. The lowest BCUT2D eigenvalue weighted by molar-refractivity contribution is 0.415. The number of benzene rings is 1. The van der Waals surface area contributed by atoms with Gasteiger partial charge < -0.3 is 9.64 Å². The molecule has 1 aliphatic rings. The van der Waals surface area contributed by atoms with E-state index in [1.807, 2.05) is 35.4 Å². The van der Waals surface area contributed by atoms with Crippen LogP contribution in [0.4, 0.5) is 5.69 Å². The predicted octanol–water partition coefficient (Wildman–Crippen LogP) is 3.65. The first-order valence-electron chi connectivity index (χ1n) is 7.62. The van der Waals surface area contributed by atoms with Gasteiger partial charge in [-0.1, -0.05) is 0 Å². The van der Waals surface area contributed by atoms with Crippen LogP contribution in [0.3, 0.4) is 0 Å². The van der Waals surface area contributed by atoms with Crippen LogP contribution >= 0.6 is 15.9 Å². The number of rotatable bonds is 3. The molecule has 0 saturated carbocycles. The highest BCUT2D eigenvalue weighted by Gasteiger charge is 2.25. The number of halogens is 1. The maximum Gasteiger partial charge on any atom is 0.119 e. The second-order valence-electron chi connectivity index (χ2n) is 5.74. The Balaban J connectivity index is 1.67. The second-order valence-corrected chi connectivity index (χ2v) is 6.66. The van der Waals surface area contributed by atoms with Crippen molar-refractivity contribution in [2.24, 2.45) is 0 Å². The van der Waals surface area contributed by atoms with Crippen molar-refractivity contribution in [3.05, 3.63) is 47.3 Å². The van der Waals surface area contributed by atoms with Crippen LogP contribution in [-0.4, -0.2) is 35.0 Å². The molecule has 5 nitrogen and oxygen atoms in total. The summed E-state index contributed by atoms with van der Waals surface area (Å²) in [6, 6.07) is 8.51. The number of anilines is 1. The van der Waals surface area contributed by atoms with Gasteiger partial charge in [-0.25, -0.2) is 0 Å². The standard InChI is InChI=1S/C17H17BrN4O/c1-23-14-2-3-16-15(8-14)17(4-6-19-16)21-7-5-13(11-21)22-10-12(18)9-20-22/h2-4,6,8-10,13H,5,7,11H2,1H3. The molecule has 1 saturated heterocycles. The molecular formula is C17H17BrN4O. The molecule has 1 atom stereocenters. The van der Waals surface area contributed by atoms with E-state index in [-0.39, 0.29) is 0 Å². The summed E-state index contributed by atoms with van der Waals surface area (Å²) in [5, 5.41) is 5.56. The Morgan fingerprint density at radius 3 is 3.00 bits per heavy atom. The van der Waals surface area contributed by atoms with Gasteiger partial charge in [-0.15, -0.1) is 0 Å². The van der Waals surface area contributed by atoms with Crippen LogP contribution in [0.5, 0.6) is 5.75 Å². The molecule has 1 aliphatic heterocycles. The van der Waals surface area contributed by atoms with E-state index in [4.69, 9.17) is 4.74 Å². The first-order valence-corrected chi connectivity index (χ1v) is 8.41. The summed E-state index contributed by atoms with van der Waals surface area (Å²) < 4.78 is 8.44. The van der Waals surface area contributed by atoms with Crippen molar-refractivity contribution in [2.45, 2.75) is 12.5 Å². The van der Waals surface area contributed by atoms with Gasteiger partial charge in [0, 0.05) is 36.6 Å². The van der Waals surface area contributed by atoms with E-state index in [0.717, 1.165) is 40.6 Å². The van der Waals surface area contributed by atoms with Crippen molar-refractivity contribution in [1.82, 2.24) is 14.8 Å². The zero-order chi connectivity index (χ0) is 15.8. The highest BCUT2D eigenvalue weighted by molar-refractivity contribution is 9.10. The molecule has 0 spiro atoms. The molecule has 6 heteroatoms. The third kappa shape index (κ3) is 2.67. The van der Waals surface area contributed by atoms with Crippen LogP contribution in [0, 0.1) is 0 Å². The molecule has 0 amide bonds. The van der Waals surface area contributed by atoms with Gasteiger partial charge in [-0.05, 0) is 46.6 Å². The average molecular weight is 373 g/mol. The molecule has 0 bridgehead atoms.